The molecule has 5 atom stereocenters. The number of aliphatic hydroxyl groups is 1. The topological polar surface area (TPSA) is 200 Å². The fourth-order valence-corrected chi connectivity index (χ4v) is 2.51. The third-order valence-electron chi connectivity index (χ3n) is 4.67. The number of imidazole rings is 1. The molecule has 30 heavy (non-hydrogen) atoms. The van der Waals surface area contributed by atoms with E-state index in [0.717, 1.165) is 0 Å². The van der Waals surface area contributed by atoms with Gasteiger partial charge in [0.25, 0.3) is 0 Å². The highest BCUT2D eigenvalue weighted by molar-refractivity contribution is 5.94. The summed E-state index contributed by atoms with van der Waals surface area (Å²) >= 11 is 0. The van der Waals surface area contributed by atoms with Crippen molar-refractivity contribution >= 4 is 23.7 Å². The number of H-pyrrole nitrogens is 1. The highest BCUT2D eigenvalue weighted by Gasteiger charge is 2.32. The largest absolute Gasteiger partial charge is 0.480 e. The van der Waals surface area contributed by atoms with Crippen LogP contribution < -0.4 is 21.7 Å². The number of amides is 3. The first-order valence-corrected chi connectivity index (χ1v) is 9.58. The average molecular weight is 426 g/mol. The van der Waals surface area contributed by atoms with Crippen molar-refractivity contribution in [2.24, 2.45) is 11.7 Å². The van der Waals surface area contributed by atoms with E-state index in [1.165, 1.54) is 19.4 Å². The normalized spacial score (nSPS) is 15.9. The zero-order chi connectivity index (χ0) is 22.8. The third-order valence-corrected chi connectivity index (χ3v) is 4.67. The summed E-state index contributed by atoms with van der Waals surface area (Å²) in [5.41, 5.74) is 6.06. The summed E-state index contributed by atoms with van der Waals surface area (Å²) in [5.74, 6) is -3.56. The van der Waals surface area contributed by atoms with E-state index in [4.69, 9.17) is 15.9 Å². The van der Waals surface area contributed by atoms with Crippen molar-refractivity contribution in [3.05, 3.63) is 18.2 Å². The standard InChI is InChI=1S/C18H30N6O6/c1-4-9(2)14(17(28)22-10(3)18(29)30)24-16(27)13(5-11-6-20-8-21-11)23-15(26)12(19)7-25/h6,8-10,12-14,25H,4-5,7,19H2,1-3H3,(H,20,21)(H,22,28)(H,23,26)(H,24,27)(H,29,30). The molecule has 168 valence electrons. The lowest BCUT2D eigenvalue weighted by Gasteiger charge is -2.27. The first-order valence-electron chi connectivity index (χ1n) is 9.58. The first-order chi connectivity index (χ1) is 14.1. The van der Waals surface area contributed by atoms with Gasteiger partial charge in [0.05, 0.1) is 12.9 Å². The lowest BCUT2D eigenvalue weighted by Crippen LogP contribution is -2.59. The van der Waals surface area contributed by atoms with Gasteiger partial charge in [0.15, 0.2) is 0 Å². The number of carbonyl (C=O) groups is 4. The fraction of sp³-hybridized carbons (Fsp3) is 0.611. The molecule has 12 heteroatoms. The minimum atomic E-state index is -1.22. The van der Waals surface area contributed by atoms with Crippen LogP contribution in [0, 0.1) is 5.92 Å². The molecule has 0 aliphatic rings. The van der Waals surface area contributed by atoms with E-state index < -0.39 is 54.5 Å². The molecule has 8 N–H and O–H groups in total. The van der Waals surface area contributed by atoms with E-state index >= 15 is 0 Å². The van der Waals surface area contributed by atoms with Gasteiger partial charge in [-0.2, -0.15) is 0 Å². The van der Waals surface area contributed by atoms with Crippen molar-refractivity contribution in [2.75, 3.05) is 6.61 Å². The predicted molar refractivity (Wildman–Crippen MR) is 106 cm³/mol. The van der Waals surface area contributed by atoms with Crippen molar-refractivity contribution in [3.8, 4) is 0 Å². The van der Waals surface area contributed by atoms with Gasteiger partial charge >= 0.3 is 5.97 Å². The summed E-state index contributed by atoms with van der Waals surface area (Å²) in [4.78, 5) is 55.3. The molecule has 0 fully saturated rings. The van der Waals surface area contributed by atoms with E-state index in [1.54, 1.807) is 6.92 Å². The lowest BCUT2D eigenvalue weighted by molar-refractivity contribution is -0.142. The minimum absolute atomic E-state index is 0.0378. The maximum atomic E-state index is 12.9. The number of hydrogen-bond donors (Lipinski definition) is 7. The highest BCUT2D eigenvalue weighted by Crippen LogP contribution is 2.10. The number of nitrogens with two attached hydrogens (primary N) is 1. The summed E-state index contributed by atoms with van der Waals surface area (Å²) < 4.78 is 0. The molecule has 1 aromatic heterocycles. The van der Waals surface area contributed by atoms with Crippen molar-refractivity contribution in [1.29, 1.82) is 0 Å². The lowest BCUT2D eigenvalue weighted by atomic mass is 9.97. The van der Waals surface area contributed by atoms with Gasteiger partial charge in [-0.25, -0.2) is 4.98 Å². The number of aliphatic hydroxyl groups excluding tert-OH is 1. The smallest absolute Gasteiger partial charge is 0.325 e. The Morgan fingerprint density at radius 3 is 2.30 bits per heavy atom. The Kier molecular flexibility index (Phi) is 9.92. The van der Waals surface area contributed by atoms with Crippen LogP contribution in [0.25, 0.3) is 0 Å². The number of aromatic amines is 1. The molecule has 0 saturated carbocycles. The molecule has 0 saturated heterocycles. The van der Waals surface area contributed by atoms with Crippen LogP contribution in [0.5, 0.6) is 0 Å². The molecule has 0 spiro atoms. The number of hydrogen-bond acceptors (Lipinski definition) is 7. The van der Waals surface area contributed by atoms with E-state index in [-0.39, 0.29) is 12.3 Å². The number of carbonyl (C=O) groups excluding carboxylic acids is 3. The van der Waals surface area contributed by atoms with Gasteiger partial charge in [-0.15, -0.1) is 0 Å². The summed E-state index contributed by atoms with van der Waals surface area (Å²) in [5, 5.41) is 25.5. The molecule has 3 amide bonds. The van der Waals surface area contributed by atoms with Crippen LogP contribution >= 0.6 is 0 Å². The molecular weight excluding hydrogens is 396 g/mol. The van der Waals surface area contributed by atoms with Crippen molar-refractivity contribution in [3.63, 3.8) is 0 Å². The highest BCUT2D eigenvalue weighted by atomic mass is 16.4. The molecule has 1 rings (SSSR count). The van der Waals surface area contributed by atoms with E-state index in [1.807, 2.05) is 6.92 Å². The fourth-order valence-electron chi connectivity index (χ4n) is 2.51. The zero-order valence-corrected chi connectivity index (χ0v) is 17.2. The molecule has 5 unspecified atom stereocenters. The van der Waals surface area contributed by atoms with Crippen LogP contribution in [-0.2, 0) is 25.6 Å². The van der Waals surface area contributed by atoms with E-state index in [2.05, 4.69) is 25.9 Å². The van der Waals surface area contributed by atoms with Gasteiger partial charge in [0.1, 0.15) is 24.2 Å². The van der Waals surface area contributed by atoms with E-state index in [0.29, 0.717) is 12.1 Å². The molecule has 0 bridgehead atoms. The molecular formula is C18H30N6O6. The number of nitrogens with one attached hydrogen (secondary N) is 4. The maximum absolute atomic E-state index is 12.9. The molecule has 1 heterocycles. The zero-order valence-electron chi connectivity index (χ0n) is 17.2. The second kappa shape index (κ2) is 11.9. The average Bonchev–Trinajstić information content (AvgIpc) is 3.22. The summed E-state index contributed by atoms with van der Waals surface area (Å²) in [6.45, 7) is 4.27. The number of aliphatic carboxylic acids is 1. The van der Waals surface area contributed by atoms with Crippen LogP contribution in [0.3, 0.4) is 0 Å². The Morgan fingerprint density at radius 1 is 1.13 bits per heavy atom. The monoisotopic (exact) mass is 426 g/mol. The van der Waals surface area contributed by atoms with Gasteiger partial charge in [-0.05, 0) is 12.8 Å². The Bertz CT molecular complexity index is 725. The number of carboxylic acid groups (broad SMARTS) is 1. The Balaban J connectivity index is 3.00. The van der Waals surface area contributed by atoms with Gasteiger partial charge in [-0.3, -0.25) is 19.2 Å². The van der Waals surface area contributed by atoms with Gasteiger partial charge in [-0.1, -0.05) is 20.3 Å². The molecule has 1 aromatic rings. The van der Waals surface area contributed by atoms with E-state index in [9.17, 15) is 19.2 Å². The summed E-state index contributed by atoms with van der Waals surface area (Å²) in [6, 6.07) is -4.47. The van der Waals surface area contributed by atoms with Gasteiger partial charge in [0, 0.05) is 18.3 Å². The van der Waals surface area contributed by atoms with Gasteiger partial charge in [0.2, 0.25) is 17.7 Å². The summed E-state index contributed by atoms with van der Waals surface area (Å²) in [7, 11) is 0. The number of nitrogens with zero attached hydrogens (tertiary/aromatic N) is 1. The second-order valence-corrected chi connectivity index (χ2v) is 7.07. The van der Waals surface area contributed by atoms with Crippen LogP contribution in [0.2, 0.25) is 0 Å². The van der Waals surface area contributed by atoms with Crippen LogP contribution in [0.4, 0.5) is 0 Å². The molecule has 0 aliphatic heterocycles. The molecule has 0 radical (unpaired) electrons. The predicted octanol–water partition coefficient (Wildman–Crippen LogP) is -2.12. The second-order valence-electron chi connectivity index (χ2n) is 7.07. The van der Waals surface area contributed by atoms with Crippen molar-refractivity contribution in [1.82, 2.24) is 25.9 Å². The summed E-state index contributed by atoms with van der Waals surface area (Å²) in [6.07, 6.45) is 3.46. The first kappa shape index (κ1) is 25.0. The minimum Gasteiger partial charge on any atom is -0.480 e. The van der Waals surface area contributed by atoms with Crippen molar-refractivity contribution < 1.29 is 29.4 Å². The van der Waals surface area contributed by atoms with Gasteiger partial charge < -0.3 is 36.9 Å². The number of aromatic nitrogens is 2. The molecule has 0 aliphatic carbocycles. The quantitative estimate of drug-likeness (QED) is 0.196. The SMILES string of the molecule is CCC(C)C(NC(=O)C(Cc1cnc[nH]1)NC(=O)C(N)CO)C(=O)NC(C)C(=O)O. The Hall–Kier alpha value is -2.99. The Labute approximate surface area is 174 Å². The van der Waals surface area contributed by atoms with Crippen LogP contribution in [0.15, 0.2) is 12.5 Å². The van der Waals surface area contributed by atoms with Crippen LogP contribution in [0.1, 0.15) is 32.9 Å². The number of rotatable bonds is 12. The third kappa shape index (κ3) is 7.44. The molecule has 12 nitrogen and oxygen atoms in total. The number of carboxylic acids is 1. The van der Waals surface area contributed by atoms with Crippen molar-refractivity contribution in [2.45, 2.75) is 57.8 Å². The maximum Gasteiger partial charge on any atom is 0.325 e. The van der Waals surface area contributed by atoms with Crippen LogP contribution in [-0.4, -0.2) is 74.6 Å². The Morgan fingerprint density at radius 2 is 1.80 bits per heavy atom. The molecule has 0 aromatic carbocycles.